The van der Waals surface area contributed by atoms with Crippen LogP contribution < -0.4 is 5.32 Å². The van der Waals surface area contributed by atoms with Gasteiger partial charge in [0.05, 0.1) is 13.5 Å². The van der Waals surface area contributed by atoms with Crippen molar-refractivity contribution < 1.29 is 18.8 Å². The molecule has 92 valence electrons. The number of carbonyl (C=O) groups is 2. The summed E-state index contributed by atoms with van der Waals surface area (Å²) in [4.78, 5) is 22.9. The summed E-state index contributed by atoms with van der Waals surface area (Å²) in [5.41, 5.74) is 0.223. The highest BCUT2D eigenvalue weighted by Gasteiger charge is 2.34. The highest BCUT2D eigenvalue weighted by atomic mass is 16.5. The molecule has 1 aromatic heterocycles. The van der Waals surface area contributed by atoms with Gasteiger partial charge in [0.2, 0.25) is 0 Å². The van der Waals surface area contributed by atoms with Gasteiger partial charge < -0.3 is 14.6 Å². The minimum Gasteiger partial charge on any atom is -0.469 e. The molecule has 0 aromatic carbocycles. The predicted molar refractivity (Wildman–Crippen MR) is 57.1 cm³/mol. The van der Waals surface area contributed by atoms with Gasteiger partial charge in [0.1, 0.15) is 6.26 Å². The van der Waals surface area contributed by atoms with Gasteiger partial charge >= 0.3 is 5.97 Å². The van der Waals surface area contributed by atoms with E-state index in [4.69, 9.17) is 0 Å². The first-order chi connectivity index (χ1) is 8.20. The molecule has 0 radical (unpaired) electrons. The summed E-state index contributed by atoms with van der Waals surface area (Å²) >= 11 is 0. The fourth-order valence-electron chi connectivity index (χ4n) is 1.67. The van der Waals surface area contributed by atoms with Crippen LogP contribution >= 0.6 is 0 Å². The normalized spacial score (nSPS) is 16.3. The molecule has 2 rings (SSSR count). The Bertz CT molecular complexity index is 398. The van der Waals surface area contributed by atoms with Crippen molar-refractivity contribution in [2.75, 3.05) is 7.11 Å². The number of nitrogens with one attached hydrogen (secondary N) is 1. The molecule has 1 atom stereocenters. The Balaban J connectivity index is 1.93. The second-order valence-corrected chi connectivity index (χ2v) is 4.08. The fourth-order valence-corrected chi connectivity index (χ4v) is 1.67. The second kappa shape index (κ2) is 4.99. The third kappa shape index (κ3) is 3.05. The zero-order valence-corrected chi connectivity index (χ0v) is 9.51. The van der Waals surface area contributed by atoms with Crippen LogP contribution in [0.3, 0.4) is 0 Å². The van der Waals surface area contributed by atoms with Crippen LogP contribution in [-0.4, -0.2) is 30.2 Å². The topological polar surface area (TPSA) is 81.4 Å². The highest BCUT2D eigenvalue weighted by molar-refractivity contribution is 5.92. The quantitative estimate of drug-likeness (QED) is 0.765. The van der Waals surface area contributed by atoms with Crippen LogP contribution in [0.15, 0.2) is 16.9 Å². The molecule has 1 fully saturated rings. The minimum absolute atomic E-state index is 0.174. The van der Waals surface area contributed by atoms with E-state index in [1.54, 1.807) is 0 Å². The summed E-state index contributed by atoms with van der Waals surface area (Å²) < 4.78 is 9.20. The predicted octanol–water partition coefficient (Wildman–Crippen LogP) is 0.746. The number of amides is 1. The van der Waals surface area contributed by atoms with Crippen LogP contribution in [0.25, 0.3) is 0 Å². The highest BCUT2D eigenvalue weighted by Crippen LogP contribution is 2.34. The molecule has 1 heterocycles. The molecule has 0 aliphatic heterocycles. The number of hydrogen-bond acceptors (Lipinski definition) is 5. The molecule has 6 nitrogen and oxygen atoms in total. The van der Waals surface area contributed by atoms with E-state index in [0.717, 1.165) is 12.8 Å². The van der Waals surface area contributed by atoms with Crippen molar-refractivity contribution in [3.8, 4) is 0 Å². The molecule has 1 aliphatic carbocycles. The van der Waals surface area contributed by atoms with Crippen molar-refractivity contribution in [2.45, 2.75) is 25.3 Å². The number of ether oxygens (including phenoxy) is 1. The fraction of sp³-hybridized carbons (Fsp3) is 0.545. The summed E-state index contributed by atoms with van der Waals surface area (Å²) in [7, 11) is 1.34. The van der Waals surface area contributed by atoms with Crippen LogP contribution in [0.5, 0.6) is 0 Å². The van der Waals surface area contributed by atoms with Crippen LogP contribution in [0, 0.1) is 5.92 Å². The Morgan fingerprint density at radius 2 is 2.41 bits per heavy atom. The number of esters is 1. The average molecular weight is 238 g/mol. The Labute approximate surface area is 98.3 Å². The van der Waals surface area contributed by atoms with E-state index in [1.165, 1.54) is 19.4 Å². The monoisotopic (exact) mass is 238 g/mol. The lowest BCUT2D eigenvalue weighted by Crippen LogP contribution is -2.38. The van der Waals surface area contributed by atoms with Crippen molar-refractivity contribution in [1.29, 1.82) is 0 Å². The first kappa shape index (κ1) is 11.6. The first-order valence-electron chi connectivity index (χ1n) is 5.48. The maximum Gasteiger partial charge on any atom is 0.307 e. The summed E-state index contributed by atoms with van der Waals surface area (Å²) in [6.07, 6.45) is 3.59. The lowest BCUT2D eigenvalue weighted by Gasteiger charge is -2.15. The Kier molecular flexibility index (Phi) is 3.41. The van der Waals surface area contributed by atoms with Gasteiger partial charge in [-0.3, -0.25) is 9.59 Å². The van der Waals surface area contributed by atoms with Gasteiger partial charge in [-0.1, -0.05) is 5.16 Å². The number of hydrogen-bond donors (Lipinski definition) is 1. The Morgan fingerprint density at radius 3 is 2.94 bits per heavy atom. The van der Waals surface area contributed by atoms with E-state index in [1.807, 2.05) is 0 Å². The van der Waals surface area contributed by atoms with Gasteiger partial charge in [-0.15, -0.1) is 0 Å². The van der Waals surface area contributed by atoms with Crippen molar-refractivity contribution >= 4 is 11.9 Å². The lowest BCUT2D eigenvalue weighted by molar-refractivity contribution is -0.141. The van der Waals surface area contributed by atoms with Crippen molar-refractivity contribution in [3.05, 3.63) is 18.0 Å². The molecule has 1 amide bonds. The van der Waals surface area contributed by atoms with Crippen LogP contribution in [-0.2, 0) is 9.53 Å². The van der Waals surface area contributed by atoms with E-state index in [-0.39, 0.29) is 30.0 Å². The van der Waals surface area contributed by atoms with Gasteiger partial charge in [0.25, 0.3) is 5.91 Å². The summed E-state index contributed by atoms with van der Waals surface area (Å²) in [5, 5.41) is 6.33. The zero-order valence-electron chi connectivity index (χ0n) is 9.51. The third-order valence-corrected chi connectivity index (χ3v) is 2.79. The second-order valence-electron chi connectivity index (χ2n) is 4.08. The molecule has 0 saturated heterocycles. The smallest absolute Gasteiger partial charge is 0.307 e. The van der Waals surface area contributed by atoms with Gasteiger partial charge in [-0.2, -0.15) is 0 Å². The number of methoxy groups -OCH3 is 1. The van der Waals surface area contributed by atoms with E-state index in [9.17, 15) is 9.59 Å². The van der Waals surface area contributed by atoms with E-state index >= 15 is 0 Å². The molecule has 17 heavy (non-hydrogen) atoms. The van der Waals surface area contributed by atoms with Crippen LogP contribution in [0.2, 0.25) is 0 Å². The molecule has 1 N–H and O–H groups in total. The number of carbonyl (C=O) groups excluding carboxylic acids is 2. The molecule has 0 bridgehead atoms. The number of nitrogens with zero attached hydrogens (tertiary/aromatic N) is 1. The van der Waals surface area contributed by atoms with Crippen LogP contribution in [0.1, 0.15) is 29.8 Å². The van der Waals surface area contributed by atoms with Gasteiger partial charge in [0.15, 0.2) is 5.69 Å². The van der Waals surface area contributed by atoms with Crippen LogP contribution in [0.4, 0.5) is 0 Å². The molecular weight excluding hydrogens is 224 g/mol. The molecule has 6 heteroatoms. The first-order valence-corrected chi connectivity index (χ1v) is 5.48. The van der Waals surface area contributed by atoms with E-state index in [2.05, 4.69) is 19.7 Å². The maximum absolute atomic E-state index is 11.7. The minimum atomic E-state index is -0.320. The SMILES string of the molecule is COC(=O)CC(NC(=O)c1ccon1)C1CC1. The largest absolute Gasteiger partial charge is 0.469 e. The Hall–Kier alpha value is -1.85. The summed E-state index contributed by atoms with van der Waals surface area (Å²) in [5.74, 6) is -0.271. The molecule has 0 spiro atoms. The standard InChI is InChI=1S/C11H14N2O4/c1-16-10(14)6-9(7-2-3-7)12-11(15)8-4-5-17-13-8/h4-5,7,9H,2-3,6H2,1H3,(H,12,15). The number of aromatic nitrogens is 1. The molecule has 1 aliphatic rings. The average Bonchev–Trinajstić information content (AvgIpc) is 3.02. The van der Waals surface area contributed by atoms with Crippen molar-refractivity contribution in [1.82, 2.24) is 10.5 Å². The zero-order chi connectivity index (χ0) is 12.3. The van der Waals surface area contributed by atoms with Crippen molar-refractivity contribution in [3.63, 3.8) is 0 Å². The third-order valence-electron chi connectivity index (χ3n) is 2.79. The summed E-state index contributed by atoms with van der Waals surface area (Å²) in [6.45, 7) is 0. The maximum atomic E-state index is 11.7. The van der Waals surface area contributed by atoms with Gasteiger partial charge in [-0.25, -0.2) is 0 Å². The molecular formula is C11H14N2O4. The summed E-state index contributed by atoms with van der Waals surface area (Å²) in [6, 6.07) is 1.31. The molecule has 1 unspecified atom stereocenters. The van der Waals surface area contributed by atoms with Gasteiger partial charge in [0, 0.05) is 12.1 Å². The van der Waals surface area contributed by atoms with E-state index < -0.39 is 0 Å². The van der Waals surface area contributed by atoms with Crippen molar-refractivity contribution in [2.24, 2.45) is 5.92 Å². The molecule has 1 aromatic rings. The Morgan fingerprint density at radius 1 is 1.65 bits per heavy atom. The lowest BCUT2D eigenvalue weighted by atomic mass is 10.1. The van der Waals surface area contributed by atoms with Gasteiger partial charge in [-0.05, 0) is 18.8 Å². The van der Waals surface area contributed by atoms with E-state index in [0.29, 0.717) is 5.92 Å². The molecule has 1 saturated carbocycles. The number of rotatable bonds is 5.